The van der Waals surface area contributed by atoms with Crippen LogP contribution in [0.15, 0.2) is 12.2 Å². The third-order valence-electron chi connectivity index (χ3n) is 3.22. The SMILES string of the molecule is CCOC(=O)C1(C(=O)OCC)CC=CC[C@@H]1C. The van der Waals surface area contributed by atoms with E-state index in [2.05, 4.69) is 0 Å². The van der Waals surface area contributed by atoms with Gasteiger partial charge in [0.1, 0.15) is 0 Å². The standard InChI is InChI=1S/C13H20O4/c1-4-16-11(14)13(12(15)17-5-2)9-7-6-8-10(13)3/h6-7,10H,4-5,8-9H2,1-3H3/t10-/m0/s1. The van der Waals surface area contributed by atoms with Crippen molar-refractivity contribution in [3.05, 3.63) is 12.2 Å². The fraction of sp³-hybridized carbons (Fsp3) is 0.692. The first-order valence-corrected chi connectivity index (χ1v) is 6.09. The minimum Gasteiger partial charge on any atom is -0.465 e. The molecule has 0 aromatic carbocycles. The highest BCUT2D eigenvalue weighted by atomic mass is 16.6. The van der Waals surface area contributed by atoms with Gasteiger partial charge in [0.2, 0.25) is 0 Å². The molecule has 17 heavy (non-hydrogen) atoms. The van der Waals surface area contributed by atoms with Crippen LogP contribution >= 0.6 is 0 Å². The molecule has 0 fully saturated rings. The van der Waals surface area contributed by atoms with Crippen LogP contribution in [0.3, 0.4) is 0 Å². The van der Waals surface area contributed by atoms with Crippen LogP contribution in [0.5, 0.6) is 0 Å². The molecule has 0 aliphatic heterocycles. The highest BCUT2D eigenvalue weighted by Gasteiger charge is 2.52. The molecule has 0 saturated carbocycles. The average Bonchev–Trinajstić information content (AvgIpc) is 2.30. The van der Waals surface area contributed by atoms with Crippen LogP contribution in [0.1, 0.15) is 33.6 Å². The monoisotopic (exact) mass is 240 g/mol. The van der Waals surface area contributed by atoms with Crippen molar-refractivity contribution < 1.29 is 19.1 Å². The molecule has 1 atom stereocenters. The molecule has 0 heterocycles. The summed E-state index contributed by atoms with van der Waals surface area (Å²) in [5.74, 6) is -1.02. The van der Waals surface area contributed by atoms with Gasteiger partial charge in [-0.3, -0.25) is 9.59 Å². The Morgan fingerprint density at radius 3 is 2.12 bits per heavy atom. The van der Waals surface area contributed by atoms with Gasteiger partial charge in [-0.1, -0.05) is 19.1 Å². The topological polar surface area (TPSA) is 52.6 Å². The lowest BCUT2D eigenvalue weighted by Crippen LogP contribution is -2.47. The van der Waals surface area contributed by atoms with E-state index in [0.29, 0.717) is 12.8 Å². The fourth-order valence-corrected chi connectivity index (χ4v) is 2.14. The van der Waals surface area contributed by atoms with E-state index in [1.54, 1.807) is 13.8 Å². The predicted molar refractivity (Wildman–Crippen MR) is 63.2 cm³/mol. The van der Waals surface area contributed by atoms with Crippen LogP contribution in [-0.4, -0.2) is 25.2 Å². The molecular formula is C13H20O4. The quantitative estimate of drug-likeness (QED) is 0.429. The van der Waals surface area contributed by atoms with E-state index < -0.39 is 17.4 Å². The number of carbonyl (C=O) groups is 2. The van der Waals surface area contributed by atoms with E-state index in [1.807, 2.05) is 19.1 Å². The first kappa shape index (κ1) is 13.7. The summed E-state index contributed by atoms with van der Waals surface area (Å²) in [7, 11) is 0. The summed E-state index contributed by atoms with van der Waals surface area (Å²) in [6, 6.07) is 0. The number of hydrogen-bond acceptors (Lipinski definition) is 4. The summed E-state index contributed by atoms with van der Waals surface area (Å²) in [5.41, 5.74) is -1.15. The molecule has 0 radical (unpaired) electrons. The molecule has 1 aliphatic rings. The largest absolute Gasteiger partial charge is 0.465 e. The fourth-order valence-electron chi connectivity index (χ4n) is 2.14. The van der Waals surface area contributed by atoms with Crippen molar-refractivity contribution in [3.63, 3.8) is 0 Å². The maximum atomic E-state index is 12.1. The zero-order valence-electron chi connectivity index (χ0n) is 10.7. The maximum absolute atomic E-state index is 12.1. The van der Waals surface area contributed by atoms with E-state index in [4.69, 9.17) is 9.47 Å². The van der Waals surface area contributed by atoms with Crippen molar-refractivity contribution >= 4 is 11.9 Å². The van der Waals surface area contributed by atoms with Crippen molar-refractivity contribution in [1.82, 2.24) is 0 Å². The lowest BCUT2D eigenvalue weighted by Gasteiger charge is -2.35. The third-order valence-corrected chi connectivity index (χ3v) is 3.22. The van der Waals surface area contributed by atoms with Gasteiger partial charge in [-0.2, -0.15) is 0 Å². The van der Waals surface area contributed by atoms with Crippen molar-refractivity contribution in [3.8, 4) is 0 Å². The predicted octanol–water partition coefficient (Wildman–Crippen LogP) is 2.09. The van der Waals surface area contributed by atoms with Crippen LogP contribution in [0.4, 0.5) is 0 Å². The zero-order valence-corrected chi connectivity index (χ0v) is 10.7. The molecule has 0 spiro atoms. The molecule has 1 rings (SSSR count). The average molecular weight is 240 g/mol. The number of allylic oxidation sites excluding steroid dienone is 2. The molecule has 4 nitrogen and oxygen atoms in total. The van der Waals surface area contributed by atoms with Crippen molar-refractivity contribution in [2.24, 2.45) is 11.3 Å². The van der Waals surface area contributed by atoms with Crippen molar-refractivity contribution in [1.29, 1.82) is 0 Å². The lowest BCUT2D eigenvalue weighted by atomic mass is 9.69. The van der Waals surface area contributed by atoms with E-state index >= 15 is 0 Å². The van der Waals surface area contributed by atoms with Crippen LogP contribution in [0.25, 0.3) is 0 Å². The Morgan fingerprint density at radius 2 is 1.71 bits per heavy atom. The molecule has 0 aromatic heterocycles. The Hall–Kier alpha value is -1.32. The van der Waals surface area contributed by atoms with Gasteiger partial charge in [0, 0.05) is 0 Å². The van der Waals surface area contributed by atoms with Gasteiger partial charge in [-0.25, -0.2) is 0 Å². The summed E-state index contributed by atoms with van der Waals surface area (Å²) in [6.45, 7) is 5.91. The normalized spacial score (nSPS) is 21.9. The van der Waals surface area contributed by atoms with E-state index in [9.17, 15) is 9.59 Å². The molecule has 1 aliphatic carbocycles. The van der Waals surface area contributed by atoms with Gasteiger partial charge in [0.15, 0.2) is 5.41 Å². The smallest absolute Gasteiger partial charge is 0.324 e. The molecule has 0 bridgehead atoms. The second-order valence-corrected chi connectivity index (χ2v) is 4.22. The number of carbonyl (C=O) groups excluding carboxylic acids is 2. The third kappa shape index (κ3) is 2.51. The molecule has 0 saturated heterocycles. The van der Waals surface area contributed by atoms with Crippen molar-refractivity contribution in [2.75, 3.05) is 13.2 Å². The zero-order chi connectivity index (χ0) is 12.9. The van der Waals surface area contributed by atoms with E-state index in [0.717, 1.165) is 0 Å². The highest BCUT2D eigenvalue weighted by Crippen LogP contribution is 2.40. The minimum absolute atomic E-state index is 0.0920. The van der Waals surface area contributed by atoms with Crippen LogP contribution in [-0.2, 0) is 19.1 Å². The van der Waals surface area contributed by atoms with Gasteiger partial charge in [0.05, 0.1) is 13.2 Å². The molecule has 0 aromatic rings. The van der Waals surface area contributed by atoms with Gasteiger partial charge in [0.25, 0.3) is 0 Å². The molecule has 4 heteroatoms. The lowest BCUT2D eigenvalue weighted by molar-refractivity contribution is -0.176. The van der Waals surface area contributed by atoms with Gasteiger partial charge < -0.3 is 9.47 Å². The summed E-state index contributed by atoms with van der Waals surface area (Å²) in [6.07, 6.45) is 4.90. The summed E-state index contributed by atoms with van der Waals surface area (Å²) >= 11 is 0. The number of ether oxygens (including phenoxy) is 2. The summed E-state index contributed by atoms with van der Waals surface area (Å²) in [4.78, 5) is 24.2. The van der Waals surface area contributed by atoms with E-state index in [1.165, 1.54) is 0 Å². The highest BCUT2D eigenvalue weighted by molar-refractivity contribution is 6.00. The second kappa shape index (κ2) is 5.84. The van der Waals surface area contributed by atoms with Gasteiger partial charge in [-0.05, 0) is 32.6 Å². The van der Waals surface area contributed by atoms with Crippen molar-refractivity contribution in [2.45, 2.75) is 33.6 Å². The van der Waals surface area contributed by atoms with Crippen LogP contribution < -0.4 is 0 Å². The summed E-state index contributed by atoms with van der Waals surface area (Å²) < 4.78 is 10.1. The Labute approximate surface area is 102 Å². The first-order chi connectivity index (χ1) is 8.09. The minimum atomic E-state index is -1.15. The summed E-state index contributed by atoms with van der Waals surface area (Å²) in [5, 5.41) is 0. The number of esters is 2. The van der Waals surface area contributed by atoms with Gasteiger partial charge in [-0.15, -0.1) is 0 Å². The first-order valence-electron chi connectivity index (χ1n) is 6.09. The van der Waals surface area contributed by atoms with Gasteiger partial charge >= 0.3 is 11.9 Å². The van der Waals surface area contributed by atoms with E-state index in [-0.39, 0.29) is 19.1 Å². The Morgan fingerprint density at radius 1 is 1.18 bits per heavy atom. The second-order valence-electron chi connectivity index (χ2n) is 4.22. The van der Waals surface area contributed by atoms with Crippen LogP contribution in [0, 0.1) is 11.3 Å². The molecule has 0 amide bonds. The molecule has 96 valence electrons. The molecule has 0 N–H and O–H groups in total. The Balaban J connectivity index is 3.03. The number of rotatable bonds is 4. The van der Waals surface area contributed by atoms with Crippen LogP contribution in [0.2, 0.25) is 0 Å². The maximum Gasteiger partial charge on any atom is 0.324 e. The Kier molecular flexibility index (Phi) is 4.73. The molecular weight excluding hydrogens is 220 g/mol. The molecule has 0 unspecified atom stereocenters. The Bertz CT molecular complexity index is 301. The number of hydrogen-bond donors (Lipinski definition) is 0.